The van der Waals surface area contributed by atoms with Gasteiger partial charge in [-0.2, -0.15) is 10.5 Å². The molecule has 4 heteroatoms. The zero-order chi connectivity index (χ0) is 12.8. The SMILES string of the molecule is N#CCc1ccc(Oc2ccnc(C#N)c2)cc1. The summed E-state index contributed by atoms with van der Waals surface area (Å²) in [5.74, 6) is 1.22. The second-order valence-electron chi connectivity index (χ2n) is 3.57. The van der Waals surface area contributed by atoms with Gasteiger partial charge >= 0.3 is 0 Å². The molecule has 0 spiro atoms. The summed E-state index contributed by atoms with van der Waals surface area (Å²) < 4.78 is 5.58. The minimum absolute atomic E-state index is 0.314. The Morgan fingerprint density at radius 1 is 1.06 bits per heavy atom. The number of rotatable bonds is 3. The fourth-order valence-electron chi connectivity index (χ4n) is 1.44. The molecule has 0 bridgehead atoms. The number of nitriles is 2. The normalized spacial score (nSPS) is 9.22. The number of pyridine rings is 1. The standard InChI is InChI=1S/C14H9N3O/c15-7-5-11-1-3-13(4-2-11)18-14-6-8-17-12(9-14)10-16/h1-4,6,8-9H,5H2. The fourth-order valence-corrected chi connectivity index (χ4v) is 1.44. The number of aromatic nitrogens is 1. The van der Waals surface area contributed by atoms with E-state index in [4.69, 9.17) is 15.3 Å². The molecule has 0 saturated carbocycles. The van der Waals surface area contributed by atoms with E-state index in [1.54, 1.807) is 24.3 Å². The molecule has 0 aliphatic heterocycles. The highest BCUT2D eigenvalue weighted by Gasteiger charge is 2.00. The van der Waals surface area contributed by atoms with Gasteiger partial charge in [-0.05, 0) is 23.8 Å². The Kier molecular flexibility index (Phi) is 3.53. The summed E-state index contributed by atoms with van der Waals surface area (Å²) in [6, 6.07) is 14.6. The topological polar surface area (TPSA) is 69.7 Å². The predicted octanol–water partition coefficient (Wildman–Crippen LogP) is 2.81. The second-order valence-corrected chi connectivity index (χ2v) is 3.57. The third-order valence-corrected chi connectivity index (χ3v) is 2.29. The summed E-state index contributed by atoms with van der Waals surface area (Å²) in [6.07, 6.45) is 1.91. The maximum Gasteiger partial charge on any atom is 0.144 e. The predicted molar refractivity (Wildman–Crippen MR) is 64.8 cm³/mol. The third kappa shape index (κ3) is 2.84. The van der Waals surface area contributed by atoms with Crippen molar-refractivity contribution in [3.63, 3.8) is 0 Å². The first-order chi connectivity index (χ1) is 8.81. The van der Waals surface area contributed by atoms with Crippen molar-refractivity contribution in [1.82, 2.24) is 4.98 Å². The molecule has 0 N–H and O–H groups in total. The molecule has 0 aliphatic rings. The Hall–Kier alpha value is -2.85. The molecular formula is C14H9N3O. The maximum atomic E-state index is 8.72. The van der Waals surface area contributed by atoms with E-state index in [-0.39, 0.29) is 0 Å². The van der Waals surface area contributed by atoms with Gasteiger partial charge in [0.15, 0.2) is 0 Å². The van der Waals surface area contributed by atoms with Crippen molar-refractivity contribution in [2.24, 2.45) is 0 Å². The van der Waals surface area contributed by atoms with E-state index in [0.29, 0.717) is 23.6 Å². The molecule has 0 amide bonds. The first-order valence-electron chi connectivity index (χ1n) is 5.32. The largest absolute Gasteiger partial charge is 0.457 e. The van der Waals surface area contributed by atoms with Crippen LogP contribution >= 0.6 is 0 Å². The van der Waals surface area contributed by atoms with Gasteiger partial charge in [-0.15, -0.1) is 0 Å². The highest BCUT2D eigenvalue weighted by atomic mass is 16.5. The molecule has 0 unspecified atom stereocenters. The summed E-state index contributed by atoms with van der Waals surface area (Å²) >= 11 is 0. The lowest BCUT2D eigenvalue weighted by Gasteiger charge is -2.05. The highest BCUT2D eigenvalue weighted by molar-refractivity contribution is 5.36. The molecule has 1 heterocycles. The minimum atomic E-state index is 0.314. The van der Waals surface area contributed by atoms with Crippen molar-refractivity contribution in [3.05, 3.63) is 53.9 Å². The monoisotopic (exact) mass is 235 g/mol. The molecule has 0 aliphatic carbocycles. The number of hydrogen-bond acceptors (Lipinski definition) is 4. The van der Waals surface area contributed by atoms with E-state index < -0.39 is 0 Å². The lowest BCUT2D eigenvalue weighted by molar-refractivity contribution is 0.481. The molecule has 0 saturated heterocycles. The molecule has 4 nitrogen and oxygen atoms in total. The van der Waals surface area contributed by atoms with Crippen LogP contribution in [0.3, 0.4) is 0 Å². The second kappa shape index (κ2) is 5.47. The number of benzene rings is 1. The van der Waals surface area contributed by atoms with Gasteiger partial charge in [0.25, 0.3) is 0 Å². The smallest absolute Gasteiger partial charge is 0.144 e. The van der Waals surface area contributed by atoms with Gasteiger partial charge < -0.3 is 4.74 Å². The Morgan fingerprint density at radius 3 is 2.50 bits per heavy atom. The third-order valence-electron chi connectivity index (χ3n) is 2.29. The van der Waals surface area contributed by atoms with Crippen LogP contribution in [0.2, 0.25) is 0 Å². The van der Waals surface area contributed by atoms with E-state index in [0.717, 1.165) is 5.56 Å². The summed E-state index contributed by atoms with van der Waals surface area (Å²) in [5, 5.41) is 17.3. The van der Waals surface area contributed by atoms with Crippen LogP contribution in [0.1, 0.15) is 11.3 Å². The number of hydrogen-bond donors (Lipinski definition) is 0. The average Bonchev–Trinajstić information content (AvgIpc) is 2.42. The minimum Gasteiger partial charge on any atom is -0.457 e. The first-order valence-corrected chi connectivity index (χ1v) is 5.32. The van der Waals surface area contributed by atoms with Crippen molar-refractivity contribution < 1.29 is 4.74 Å². The Bertz CT molecular complexity index is 621. The molecule has 1 aromatic heterocycles. The molecule has 18 heavy (non-hydrogen) atoms. The van der Waals surface area contributed by atoms with E-state index in [9.17, 15) is 0 Å². The van der Waals surface area contributed by atoms with Gasteiger partial charge in [-0.1, -0.05) is 12.1 Å². The van der Waals surface area contributed by atoms with Crippen LogP contribution in [0, 0.1) is 22.7 Å². The number of nitrogens with zero attached hydrogens (tertiary/aromatic N) is 3. The zero-order valence-corrected chi connectivity index (χ0v) is 9.50. The van der Waals surface area contributed by atoms with Gasteiger partial charge in [0.1, 0.15) is 23.3 Å². The van der Waals surface area contributed by atoms with Gasteiger partial charge in [-0.3, -0.25) is 0 Å². The fraction of sp³-hybridized carbons (Fsp3) is 0.0714. The van der Waals surface area contributed by atoms with Crippen LogP contribution in [0.25, 0.3) is 0 Å². The van der Waals surface area contributed by atoms with Crippen molar-refractivity contribution in [2.45, 2.75) is 6.42 Å². The van der Waals surface area contributed by atoms with Crippen LogP contribution in [-0.2, 0) is 6.42 Å². The van der Waals surface area contributed by atoms with Crippen LogP contribution in [0.4, 0.5) is 0 Å². The van der Waals surface area contributed by atoms with Crippen molar-refractivity contribution in [3.8, 4) is 23.6 Å². The van der Waals surface area contributed by atoms with Crippen LogP contribution in [-0.4, -0.2) is 4.98 Å². The Morgan fingerprint density at radius 2 is 1.83 bits per heavy atom. The Labute approximate surface area is 105 Å². The summed E-state index contributed by atoms with van der Waals surface area (Å²) in [5.41, 5.74) is 1.26. The van der Waals surface area contributed by atoms with E-state index >= 15 is 0 Å². The lowest BCUT2D eigenvalue weighted by atomic mass is 10.2. The van der Waals surface area contributed by atoms with Crippen molar-refractivity contribution >= 4 is 0 Å². The van der Waals surface area contributed by atoms with Gasteiger partial charge in [0, 0.05) is 12.3 Å². The molecule has 2 rings (SSSR count). The first kappa shape index (κ1) is 11.6. The molecular weight excluding hydrogens is 226 g/mol. The van der Waals surface area contributed by atoms with Crippen molar-refractivity contribution in [2.75, 3.05) is 0 Å². The highest BCUT2D eigenvalue weighted by Crippen LogP contribution is 2.21. The van der Waals surface area contributed by atoms with Crippen LogP contribution in [0.15, 0.2) is 42.6 Å². The van der Waals surface area contributed by atoms with Gasteiger partial charge in [0.2, 0.25) is 0 Å². The van der Waals surface area contributed by atoms with Gasteiger partial charge in [-0.25, -0.2) is 4.98 Å². The quantitative estimate of drug-likeness (QED) is 0.820. The summed E-state index contributed by atoms with van der Waals surface area (Å²) in [4.78, 5) is 3.86. The summed E-state index contributed by atoms with van der Waals surface area (Å²) in [7, 11) is 0. The van der Waals surface area contributed by atoms with Crippen LogP contribution < -0.4 is 4.74 Å². The zero-order valence-electron chi connectivity index (χ0n) is 9.50. The van der Waals surface area contributed by atoms with E-state index in [2.05, 4.69) is 11.1 Å². The molecule has 2 aromatic rings. The average molecular weight is 235 g/mol. The lowest BCUT2D eigenvalue weighted by Crippen LogP contribution is -1.88. The van der Waals surface area contributed by atoms with E-state index in [1.807, 2.05) is 18.2 Å². The molecule has 0 radical (unpaired) electrons. The maximum absolute atomic E-state index is 8.72. The molecule has 86 valence electrons. The van der Waals surface area contributed by atoms with Crippen LogP contribution in [0.5, 0.6) is 11.5 Å². The Balaban J connectivity index is 2.14. The number of ether oxygens (including phenoxy) is 1. The van der Waals surface area contributed by atoms with Gasteiger partial charge in [0.05, 0.1) is 12.5 Å². The molecule has 0 atom stereocenters. The van der Waals surface area contributed by atoms with E-state index in [1.165, 1.54) is 6.20 Å². The van der Waals surface area contributed by atoms with Crippen molar-refractivity contribution in [1.29, 1.82) is 10.5 Å². The molecule has 0 fully saturated rings. The molecule has 1 aromatic carbocycles. The summed E-state index contributed by atoms with van der Waals surface area (Å²) in [6.45, 7) is 0.